The number of anilines is 1. The van der Waals surface area contributed by atoms with E-state index in [1.54, 1.807) is 0 Å². The molecule has 0 radical (unpaired) electrons. The zero-order chi connectivity index (χ0) is 23.5. The number of hydrogen-bond acceptors (Lipinski definition) is 6. The molecule has 33 heavy (non-hydrogen) atoms. The first-order valence-corrected chi connectivity index (χ1v) is 11.6. The van der Waals surface area contributed by atoms with E-state index in [0.717, 1.165) is 25.2 Å². The van der Waals surface area contributed by atoms with Crippen LogP contribution >= 0.6 is 0 Å². The molecule has 2 unspecified atom stereocenters. The van der Waals surface area contributed by atoms with Crippen molar-refractivity contribution in [3.63, 3.8) is 0 Å². The fourth-order valence-corrected chi connectivity index (χ4v) is 6.07. The lowest BCUT2D eigenvalue weighted by Crippen LogP contribution is -2.59. The Bertz CT molecular complexity index is 1030. The molecule has 2 aromatic rings. The Morgan fingerprint density at radius 2 is 2.00 bits per heavy atom. The van der Waals surface area contributed by atoms with Gasteiger partial charge in [-0.15, -0.1) is 13.2 Å². The highest BCUT2D eigenvalue weighted by atomic mass is 19.4. The monoisotopic (exact) mass is 465 g/mol. The number of rotatable bonds is 7. The Kier molecular flexibility index (Phi) is 5.36. The fraction of sp³-hybridized carbons (Fsp3) is 0.652. The highest BCUT2D eigenvalue weighted by Crippen LogP contribution is 2.69. The molecule has 4 atom stereocenters. The molecular formula is C23H30F3N5O2. The minimum absolute atomic E-state index is 0.126. The van der Waals surface area contributed by atoms with Crippen LogP contribution in [-0.2, 0) is 0 Å². The van der Waals surface area contributed by atoms with E-state index >= 15 is 0 Å². The smallest absolute Gasteiger partial charge is 0.402 e. The minimum Gasteiger partial charge on any atom is -0.402 e. The van der Waals surface area contributed by atoms with Crippen LogP contribution in [0.1, 0.15) is 57.2 Å². The number of fused-ring (bicyclic) bond motifs is 1. The number of aromatic nitrogens is 3. The SMILES string of the molecule is CC(C)n1nc(-c2cnc(N)c(OC(F)(F)F)c2)cc1C1[C@H]2CC3(CCN3CCCO)C[C@@H]12. The molecule has 1 aliphatic heterocycles. The number of pyridine rings is 1. The maximum atomic E-state index is 12.7. The second-order valence-electron chi connectivity index (χ2n) is 9.95. The molecule has 0 aromatic carbocycles. The van der Waals surface area contributed by atoms with Gasteiger partial charge in [0.1, 0.15) is 0 Å². The number of nitrogen functional groups attached to an aromatic ring is 1. The standard InChI is InChI=1S/C23H30F3N5O2/c1-13(2)31-18(20-15-10-22(11-16(15)20)4-6-30(22)5-3-7-32)9-17(29-31)14-8-19(21(27)28-12-14)33-23(24,25)26/h8-9,12-13,15-16,20,32H,3-7,10-11H2,1-2H3,(H2,27,28)/t15-,16+,20?,22?. The van der Waals surface area contributed by atoms with Crippen LogP contribution in [0.3, 0.4) is 0 Å². The zero-order valence-electron chi connectivity index (χ0n) is 18.8. The van der Waals surface area contributed by atoms with Crippen LogP contribution in [0.25, 0.3) is 11.3 Å². The molecule has 2 aromatic heterocycles. The van der Waals surface area contributed by atoms with E-state index < -0.39 is 12.1 Å². The molecule has 1 saturated heterocycles. The van der Waals surface area contributed by atoms with Crippen molar-refractivity contribution >= 4 is 5.82 Å². The number of aliphatic hydroxyl groups excluding tert-OH is 1. The summed E-state index contributed by atoms with van der Waals surface area (Å²) in [6, 6.07) is 3.37. The molecule has 3 fully saturated rings. The van der Waals surface area contributed by atoms with Gasteiger partial charge in [-0.25, -0.2) is 4.98 Å². The van der Waals surface area contributed by atoms with Crippen molar-refractivity contribution < 1.29 is 23.0 Å². The summed E-state index contributed by atoms with van der Waals surface area (Å²) in [5.41, 5.74) is 8.05. The van der Waals surface area contributed by atoms with E-state index in [-0.39, 0.29) is 18.5 Å². The van der Waals surface area contributed by atoms with Crippen LogP contribution in [0.5, 0.6) is 5.75 Å². The molecule has 7 nitrogen and oxygen atoms in total. The highest BCUT2D eigenvalue weighted by molar-refractivity contribution is 5.64. The topological polar surface area (TPSA) is 89.4 Å². The maximum absolute atomic E-state index is 12.7. The molecular weight excluding hydrogens is 435 g/mol. The summed E-state index contributed by atoms with van der Waals surface area (Å²) in [6.07, 6.45) is 0.973. The van der Waals surface area contributed by atoms with Crippen LogP contribution in [0, 0.1) is 11.8 Å². The van der Waals surface area contributed by atoms with Gasteiger partial charge in [-0.2, -0.15) is 5.10 Å². The lowest BCUT2D eigenvalue weighted by molar-refractivity contribution is -0.274. The van der Waals surface area contributed by atoms with Crippen LogP contribution in [0.2, 0.25) is 0 Å². The summed E-state index contributed by atoms with van der Waals surface area (Å²) < 4.78 is 44.2. The number of halogens is 3. The Hall–Kier alpha value is -2.33. The van der Waals surface area contributed by atoms with E-state index in [0.29, 0.717) is 34.6 Å². The largest absolute Gasteiger partial charge is 0.573 e. The van der Waals surface area contributed by atoms with Crippen molar-refractivity contribution in [1.82, 2.24) is 19.7 Å². The van der Waals surface area contributed by atoms with E-state index in [2.05, 4.69) is 28.5 Å². The van der Waals surface area contributed by atoms with Crippen LogP contribution in [0.4, 0.5) is 19.0 Å². The molecule has 180 valence electrons. The number of ether oxygens (including phenoxy) is 1. The van der Waals surface area contributed by atoms with Crippen molar-refractivity contribution in [3.8, 4) is 17.0 Å². The number of likely N-dealkylation sites (tertiary alicyclic amines) is 1. The molecule has 2 aliphatic carbocycles. The van der Waals surface area contributed by atoms with Crippen molar-refractivity contribution in [2.45, 2.75) is 63.4 Å². The van der Waals surface area contributed by atoms with Gasteiger partial charge < -0.3 is 15.6 Å². The van der Waals surface area contributed by atoms with Gasteiger partial charge in [0.05, 0.1) is 5.69 Å². The summed E-state index contributed by atoms with van der Waals surface area (Å²) in [5, 5.41) is 13.9. The molecule has 0 amide bonds. The summed E-state index contributed by atoms with van der Waals surface area (Å²) >= 11 is 0. The van der Waals surface area contributed by atoms with Gasteiger partial charge in [0, 0.05) is 54.6 Å². The highest BCUT2D eigenvalue weighted by Gasteiger charge is 2.65. The minimum atomic E-state index is -4.84. The summed E-state index contributed by atoms with van der Waals surface area (Å²) in [4.78, 5) is 6.43. The van der Waals surface area contributed by atoms with Crippen LogP contribution in [0.15, 0.2) is 18.3 Å². The number of hydrogen-bond donors (Lipinski definition) is 2. The first-order valence-electron chi connectivity index (χ1n) is 11.6. The van der Waals surface area contributed by atoms with E-state index in [9.17, 15) is 18.3 Å². The third-order valence-electron chi connectivity index (χ3n) is 7.67. The van der Waals surface area contributed by atoms with Crippen molar-refractivity contribution in [2.75, 3.05) is 25.4 Å². The number of alkyl halides is 3. The predicted molar refractivity (Wildman–Crippen MR) is 117 cm³/mol. The Balaban J connectivity index is 1.37. The lowest BCUT2D eigenvalue weighted by Gasteiger charge is -2.52. The molecule has 3 N–H and O–H groups in total. The van der Waals surface area contributed by atoms with Gasteiger partial charge >= 0.3 is 6.36 Å². The molecule has 5 rings (SSSR count). The molecule has 2 saturated carbocycles. The lowest BCUT2D eigenvalue weighted by atomic mass is 9.78. The molecule has 1 spiro atoms. The van der Waals surface area contributed by atoms with Gasteiger partial charge in [-0.05, 0) is 63.5 Å². The van der Waals surface area contributed by atoms with Gasteiger partial charge in [0.2, 0.25) is 0 Å². The number of aliphatic hydroxyl groups is 1. The van der Waals surface area contributed by atoms with Gasteiger partial charge in [0.15, 0.2) is 11.6 Å². The second-order valence-corrected chi connectivity index (χ2v) is 9.95. The average molecular weight is 466 g/mol. The van der Waals surface area contributed by atoms with Gasteiger partial charge in [-0.3, -0.25) is 9.58 Å². The van der Waals surface area contributed by atoms with Crippen LogP contribution < -0.4 is 10.5 Å². The first kappa shape index (κ1) is 22.5. The Morgan fingerprint density at radius 1 is 1.27 bits per heavy atom. The quantitative estimate of drug-likeness (QED) is 0.644. The van der Waals surface area contributed by atoms with Crippen molar-refractivity contribution in [1.29, 1.82) is 0 Å². The zero-order valence-corrected chi connectivity index (χ0v) is 18.8. The molecule has 0 bridgehead atoms. The van der Waals surface area contributed by atoms with Gasteiger partial charge in [-0.1, -0.05) is 0 Å². The maximum Gasteiger partial charge on any atom is 0.573 e. The van der Waals surface area contributed by atoms with E-state index in [4.69, 9.17) is 10.8 Å². The van der Waals surface area contributed by atoms with E-state index in [1.165, 1.54) is 31.5 Å². The number of nitrogens with two attached hydrogens (primary N) is 1. The predicted octanol–water partition coefficient (Wildman–Crippen LogP) is 3.96. The van der Waals surface area contributed by atoms with E-state index in [1.807, 2.05) is 10.7 Å². The summed E-state index contributed by atoms with van der Waals surface area (Å²) in [6.45, 7) is 6.42. The first-order chi connectivity index (χ1) is 15.6. The van der Waals surface area contributed by atoms with Crippen LogP contribution in [-0.4, -0.2) is 56.4 Å². The Labute approximate surface area is 190 Å². The molecule has 3 heterocycles. The molecule has 3 aliphatic rings. The summed E-state index contributed by atoms with van der Waals surface area (Å²) in [5.74, 6) is 0.814. The third kappa shape index (κ3) is 3.97. The third-order valence-corrected chi connectivity index (χ3v) is 7.67. The fourth-order valence-electron chi connectivity index (χ4n) is 6.07. The molecule has 10 heteroatoms. The van der Waals surface area contributed by atoms with Gasteiger partial charge in [0.25, 0.3) is 0 Å². The number of nitrogens with zero attached hydrogens (tertiary/aromatic N) is 4. The Morgan fingerprint density at radius 3 is 2.58 bits per heavy atom. The summed E-state index contributed by atoms with van der Waals surface area (Å²) in [7, 11) is 0. The van der Waals surface area contributed by atoms with Crippen molar-refractivity contribution in [2.24, 2.45) is 11.8 Å². The second kappa shape index (κ2) is 7.87. The average Bonchev–Trinajstić information content (AvgIpc) is 3.08. The normalized spacial score (nSPS) is 28.9. The van der Waals surface area contributed by atoms with Crippen molar-refractivity contribution in [3.05, 3.63) is 24.0 Å².